The molecule has 1 aromatic carbocycles. The molecule has 0 aliphatic carbocycles. The summed E-state index contributed by atoms with van der Waals surface area (Å²) in [4.78, 5) is 12.7. The summed E-state index contributed by atoms with van der Waals surface area (Å²) in [6.07, 6.45) is 3.58. The van der Waals surface area contributed by atoms with E-state index in [0.29, 0.717) is 11.9 Å². The maximum atomic E-state index is 12.7. The molecule has 5 heteroatoms. The number of benzene rings is 1. The maximum Gasteiger partial charge on any atom is 0.262 e. The molecule has 0 radical (unpaired) electrons. The fourth-order valence-corrected chi connectivity index (χ4v) is 3.63. The van der Waals surface area contributed by atoms with Crippen LogP contribution in [-0.4, -0.2) is 27.4 Å². The van der Waals surface area contributed by atoms with Crippen LogP contribution in [0.25, 0.3) is 21.8 Å². The number of fused-ring (bicyclic) bond motifs is 3. The second kappa shape index (κ2) is 6.38. The van der Waals surface area contributed by atoms with Gasteiger partial charge < -0.3 is 9.88 Å². The first-order valence-electron chi connectivity index (χ1n) is 8.95. The van der Waals surface area contributed by atoms with Gasteiger partial charge in [-0.15, -0.1) is 0 Å². The number of hydrogen-bond donors (Lipinski definition) is 2. The van der Waals surface area contributed by atoms with Crippen LogP contribution >= 0.6 is 0 Å². The van der Waals surface area contributed by atoms with E-state index in [1.54, 1.807) is 4.57 Å². The fourth-order valence-electron chi connectivity index (χ4n) is 3.63. The predicted molar refractivity (Wildman–Crippen MR) is 101 cm³/mol. The smallest absolute Gasteiger partial charge is 0.262 e. The predicted octanol–water partition coefficient (Wildman–Crippen LogP) is 2.70. The highest BCUT2D eigenvalue weighted by molar-refractivity contribution is 6.04. The molecule has 0 amide bonds. The molecular weight excluding hydrogens is 312 g/mol. The van der Waals surface area contributed by atoms with E-state index in [-0.39, 0.29) is 11.6 Å². The van der Waals surface area contributed by atoms with Gasteiger partial charge in [0.05, 0.1) is 16.9 Å². The van der Waals surface area contributed by atoms with Crippen LogP contribution in [0.4, 0.5) is 0 Å². The summed E-state index contributed by atoms with van der Waals surface area (Å²) in [6, 6.07) is 6.32. The minimum atomic E-state index is 0.0153. The van der Waals surface area contributed by atoms with E-state index in [1.807, 2.05) is 26.0 Å². The number of pyridine rings is 1. The Morgan fingerprint density at radius 2 is 2.24 bits per heavy atom. The lowest BCUT2D eigenvalue weighted by Gasteiger charge is -2.17. The number of nitrogens with one attached hydrogen (secondary N) is 2. The van der Waals surface area contributed by atoms with Gasteiger partial charge in [0.25, 0.3) is 5.56 Å². The van der Waals surface area contributed by atoms with Crippen LogP contribution in [0.2, 0.25) is 0 Å². The molecule has 0 bridgehead atoms. The Morgan fingerprint density at radius 1 is 1.36 bits per heavy atom. The molecule has 1 fully saturated rings. The molecule has 2 aromatic heterocycles. The summed E-state index contributed by atoms with van der Waals surface area (Å²) in [7, 11) is 0. The van der Waals surface area contributed by atoms with Crippen molar-refractivity contribution >= 4 is 21.8 Å². The SMILES string of the molecule is CCn1c(=O)c2c(C)[nH]nc2c2cc(C#CC3CCCCN3)ccc21. The van der Waals surface area contributed by atoms with Gasteiger partial charge in [0, 0.05) is 23.2 Å². The van der Waals surface area contributed by atoms with Crippen molar-refractivity contribution < 1.29 is 0 Å². The lowest BCUT2D eigenvalue weighted by Crippen LogP contribution is -2.32. The summed E-state index contributed by atoms with van der Waals surface area (Å²) < 4.78 is 1.81. The van der Waals surface area contributed by atoms with E-state index in [9.17, 15) is 4.79 Å². The normalized spacial score (nSPS) is 17.6. The topological polar surface area (TPSA) is 62.7 Å². The first kappa shape index (κ1) is 15.9. The van der Waals surface area contributed by atoms with Crippen LogP contribution in [0.1, 0.15) is 37.4 Å². The van der Waals surface area contributed by atoms with Gasteiger partial charge in [0.15, 0.2) is 0 Å². The first-order chi connectivity index (χ1) is 12.2. The number of aromatic nitrogens is 3. The van der Waals surface area contributed by atoms with E-state index in [1.165, 1.54) is 12.8 Å². The van der Waals surface area contributed by atoms with Crippen LogP contribution in [-0.2, 0) is 6.54 Å². The molecule has 0 spiro atoms. The van der Waals surface area contributed by atoms with Crippen LogP contribution in [0.3, 0.4) is 0 Å². The Bertz CT molecular complexity index is 1060. The molecule has 0 saturated carbocycles. The summed E-state index contributed by atoms with van der Waals surface area (Å²) in [5.74, 6) is 6.63. The third-order valence-electron chi connectivity index (χ3n) is 4.97. The minimum absolute atomic E-state index is 0.0153. The average molecular weight is 334 g/mol. The van der Waals surface area contributed by atoms with Crippen molar-refractivity contribution in [3.05, 3.63) is 39.8 Å². The summed E-state index contributed by atoms with van der Waals surface area (Å²) in [6.45, 7) is 5.56. The van der Waals surface area contributed by atoms with Crippen molar-refractivity contribution in [3.63, 3.8) is 0 Å². The van der Waals surface area contributed by atoms with E-state index in [4.69, 9.17) is 0 Å². The molecule has 3 heterocycles. The quantitative estimate of drug-likeness (QED) is 0.673. The molecular formula is C20H22N4O. The van der Waals surface area contributed by atoms with E-state index in [0.717, 1.165) is 40.6 Å². The van der Waals surface area contributed by atoms with Gasteiger partial charge in [-0.2, -0.15) is 5.10 Å². The summed E-state index contributed by atoms with van der Waals surface area (Å²) in [5, 5.41) is 12.4. The number of aromatic amines is 1. The molecule has 1 aliphatic heterocycles. The Kier molecular flexibility index (Phi) is 4.06. The van der Waals surface area contributed by atoms with Crippen LogP contribution in [0, 0.1) is 18.8 Å². The molecule has 128 valence electrons. The van der Waals surface area contributed by atoms with E-state index >= 15 is 0 Å². The number of rotatable bonds is 1. The minimum Gasteiger partial charge on any atom is -0.308 e. The van der Waals surface area contributed by atoms with Gasteiger partial charge >= 0.3 is 0 Å². The second-order valence-electron chi connectivity index (χ2n) is 6.63. The van der Waals surface area contributed by atoms with E-state index in [2.05, 4.69) is 33.4 Å². The van der Waals surface area contributed by atoms with Crippen molar-refractivity contribution in [2.24, 2.45) is 0 Å². The first-order valence-corrected chi connectivity index (χ1v) is 8.95. The Hall–Kier alpha value is -2.58. The summed E-state index contributed by atoms with van der Waals surface area (Å²) >= 11 is 0. The lowest BCUT2D eigenvalue weighted by molar-refractivity contribution is 0.464. The monoisotopic (exact) mass is 334 g/mol. The van der Waals surface area contributed by atoms with Crippen molar-refractivity contribution in [2.45, 2.75) is 45.7 Å². The molecule has 2 N–H and O–H groups in total. The zero-order valence-electron chi connectivity index (χ0n) is 14.6. The van der Waals surface area contributed by atoms with Gasteiger partial charge in [-0.1, -0.05) is 11.8 Å². The van der Waals surface area contributed by atoms with Gasteiger partial charge in [-0.05, 0) is 57.9 Å². The largest absolute Gasteiger partial charge is 0.308 e. The molecule has 1 unspecified atom stereocenters. The second-order valence-corrected chi connectivity index (χ2v) is 6.63. The maximum absolute atomic E-state index is 12.7. The fraction of sp³-hybridized carbons (Fsp3) is 0.400. The molecule has 25 heavy (non-hydrogen) atoms. The lowest BCUT2D eigenvalue weighted by atomic mass is 10.0. The zero-order valence-corrected chi connectivity index (χ0v) is 14.6. The van der Waals surface area contributed by atoms with Crippen molar-refractivity contribution in [1.29, 1.82) is 0 Å². The molecule has 1 aliphatic rings. The molecule has 1 saturated heterocycles. The zero-order chi connectivity index (χ0) is 17.4. The van der Waals surface area contributed by atoms with Crippen LogP contribution in [0.15, 0.2) is 23.0 Å². The number of nitrogens with zero attached hydrogens (tertiary/aromatic N) is 2. The Balaban J connectivity index is 1.88. The average Bonchev–Trinajstić information content (AvgIpc) is 3.04. The number of H-pyrrole nitrogens is 1. The number of aryl methyl sites for hydroxylation is 2. The van der Waals surface area contributed by atoms with Gasteiger partial charge in [0.2, 0.25) is 0 Å². The van der Waals surface area contributed by atoms with Gasteiger partial charge in [0.1, 0.15) is 5.52 Å². The highest BCUT2D eigenvalue weighted by Gasteiger charge is 2.15. The van der Waals surface area contributed by atoms with Crippen molar-refractivity contribution in [2.75, 3.05) is 6.54 Å². The summed E-state index contributed by atoms with van der Waals surface area (Å²) in [5.41, 5.74) is 3.44. The molecule has 5 nitrogen and oxygen atoms in total. The number of hydrogen-bond acceptors (Lipinski definition) is 3. The van der Waals surface area contributed by atoms with Crippen molar-refractivity contribution in [1.82, 2.24) is 20.1 Å². The Labute approximate surface area is 146 Å². The van der Waals surface area contributed by atoms with Gasteiger partial charge in [-0.25, -0.2) is 0 Å². The van der Waals surface area contributed by atoms with Crippen LogP contribution in [0.5, 0.6) is 0 Å². The van der Waals surface area contributed by atoms with E-state index < -0.39 is 0 Å². The molecule has 1 atom stereocenters. The number of piperidine rings is 1. The Morgan fingerprint density at radius 3 is 3.00 bits per heavy atom. The van der Waals surface area contributed by atoms with Crippen molar-refractivity contribution in [3.8, 4) is 11.8 Å². The molecule has 3 aromatic rings. The highest BCUT2D eigenvalue weighted by atomic mass is 16.1. The highest BCUT2D eigenvalue weighted by Crippen LogP contribution is 2.24. The standard InChI is InChI=1S/C20H22N4O/c1-3-24-17-10-8-14(7-9-15-6-4-5-11-21-15)12-16(17)19-18(20(24)25)13(2)22-23-19/h8,10,12,15,21H,3-6,11H2,1-2H3,(H,22,23). The van der Waals surface area contributed by atoms with Crippen LogP contribution < -0.4 is 10.9 Å². The third-order valence-corrected chi connectivity index (χ3v) is 4.97. The van der Waals surface area contributed by atoms with Gasteiger partial charge in [-0.3, -0.25) is 9.89 Å². The molecule has 4 rings (SSSR count). The third kappa shape index (κ3) is 2.73.